The average molecular weight is 388 g/mol. The van der Waals surface area contributed by atoms with E-state index in [2.05, 4.69) is 34.1 Å². The molecule has 2 heterocycles. The molecule has 0 saturated carbocycles. The second-order valence-corrected chi connectivity index (χ2v) is 9.29. The molecule has 0 N–H and O–H groups in total. The van der Waals surface area contributed by atoms with Gasteiger partial charge in [0.15, 0.2) is 0 Å². The van der Waals surface area contributed by atoms with Crippen LogP contribution in [0.2, 0.25) is 0 Å². The highest BCUT2D eigenvalue weighted by Crippen LogP contribution is 2.24. The van der Waals surface area contributed by atoms with Crippen molar-refractivity contribution in [3.8, 4) is 0 Å². The van der Waals surface area contributed by atoms with Gasteiger partial charge in [-0.2, -0.15) is 4.31 Å². The minimum Gasteiger partial charge on any atom is -0.300 e. The first kappa shape index (κ1) is 17.6. The highest BCUT2D eigenvalue weighted by Gasteiger charge is 2.28. The maximum atomic E-state index is 12.9. The number of fused-ring (bicyclic) bond motifs is 1. The predicted molar refractivity (Wildman–Crippen MR) is 105 cm³/mol. The second-order valence-electron chi connectivity index (χ2n) is 6.46. The summed E-state index contributed by atoms with van der Waals surface area (Å²) in [4.78, 5) is 6.92. The summed E-state index contributed by atoms with van der Waals surface area (Å²) in [6, 6.07) is 15.6. The molecule has 0 unspecified atom stereocenters. The van der Waals surface area contributed by atoms with E-state index in [1.54, 1.807) is 28.0 Å². The van der Waals surface area contributed by atoms with E-state index in [0.717, 1.165) is 36.3 Å². The van der Waals surface area contributed by atoms with Crippen molar-refractivity contribution in [2.75, 3.05) is 32.7 Å². The van der Waals surface area contributed by atoms with Crippen LogP contribution in [0.4, 0.5) is 0 Å². The molecule has 1 aliphatic rings. The minimum atomic E-state index is -3.44. The number of rotatable bonds is 5. The molecule has 26 heavy (non-hydrogen) atoms. The molecule has 0 amide bonds. The lowest BCUT2D eigenvalue weighted by Gasteiger charge is -2.34. The van der Waals surface area contributed by atoms with E-state index in [1.807, 2.05) is 6.07 Å². The van der Waals surface area contributed by atoms with Gasteiger partial charge in [0.1, 0.15) is 0 Å². The largest absolute Gasteiger partial charge is 0.300 e. The Morgan fingerprint density at radius 1 is 1.00 bits per heavy atom. The summed E-state index contributed by atoms with van der Waals surface area (Å²) in [6.45, 7) is 3.59. The van der Waals surface area contributed by atoms with Crippen molar-refractivity contribution in [1.29, 1.82) is 0 Å². The van der Waals surface area contributed by atoms with E-state index in [-0.39, 0.29) is 0 Å². The third-order valence-electron chi connectivity index (χ3n) is 4.83. The van der Waals surface area contributed by atoms with Crippen LogP contribution in [0.1, 0.15) is 5.56 Å². The van der Waals surface area contributed by atoms with Crippen LogP contribution in [0.5, 0.6) is 0 Å². The molecule has 1 fully saturated rings. The van der Waals surface area contributed by atoms with Gasteiger partial charge < -0.3 is 4.90 Å². The number of sulfonamides is 1. The topological polar surface area (TPSA) is 53.5 Å². The fraction of sp³-hybridized carbons (Fsp3) is 0.316. The lowest BCUT2D eigenvalue weighted by Crippen LogP contribution is -2.48. The van der Waals surface area contributed by atoms with E-state index in [9.17, 15) is 8.42 Å². The fourth-order valence-electron chi connectivity index (χ4n) is 3.27. The van der Waals surface area contributed by atoms with Gasteiger partial charge in [-0.15, -0.1) is 11.3 Å². The first-order valence-corrected chi connectivity index (χ1v) is 11.0. The Bertz CT molecular complexity index is 978. The number of aromatic nitrogens is 1. The van der Waals surface area contributed by atoms with Crippen LogP contribution >= 0.6 is 11.3 Å². The SMILES string of the molecule is O=S(=O)(c1ccc2ncsc2c1)N1CCN(CCc2ccccc2)CC1. The van der Waals surface area contributed by atoms with Gasteiger partial charge in [0.25, 0.3) is 0 Å². The van der Waals surface area contributed by atoms with Gasteiger partial charge >= 0.3 is 0 Å². The molecule has 4 rings (SSSR count). The van der Waals surface area contributed by atoms with Crippen LogP contribution in [0.25, 0.3) is 10.2 Å². The number of hydrogen-bond donors (Lipinski definition) is 0. The van der Waals surface area contributed by atoms with Crippen molar-refractivity contribution in [2.24, 2.45) is 0 Å². The molecule has 0 spiro atoms. The third kappa shape index (κ3) is 3.66. The van der Waals surface area contributed by atoms with E-state index in [0.29, 0.717) is 18.0 Å². The van der Waals surface area contributed by atoms with Crippen LogP contribution in [-0.4, -0.2) is 55.3 Å². The lowest BCUT2D eigenvalue weighted by atomic mass is 10.1. The number of nitrogens with zero attached hydrogens (tertiary/aromatic N) is 3. The van der Waals surface area contributed by atoms with Gasteiger partial charge in [0.05, 0.1) is 20.6 Å². The lowest BCUT2D eigenvalue weighted by molar-refractivity contribution is 0.190. The Balaban J connectivity index is 1.38. The molecular weight excluding hydrogens is 366 g/mol. The molecule has 3 aromatic rings. The maximum Gasteiger partial charge on any atom is 0.243 e. The molecule has 0 bridgehead atoms. The summed E-state index contributed by atoms with van der Waals surface area (Å²) in [6.07, 6.45) is 0.996. The first-order chi connectivity index (χ1) is 12.6. The minimum absolute atomic E-state index is 0.368. The van der Waals surface area contributed by atoms with Crippen LogP contribution in [0.15, 0.2) is 58.9 Å². The Morgan fingerprint density at radius 3 is 2.54 bits per heavy atom. The Morgan fingerprint density at radius 2 is 1.77 bits per heavy atom. The number of piperazine rings is 1. The quantitative estimate of drug-likeness (QED) is 0.676. The molecule has 7 heteroatoms. The van der Waals surface area contributed by atoms with Crippen molar-refractivity contribution < 1.29 is 8.42 Å². The van der Waals surface area contributed by atoms with Gasteiger partial charge in [-0.1, -0.05) is 30.3 Å². The number of benzene rings is 2. The second kappa shape index (κ2) is 7.44. The fourth-order valence-corrected chi connectivity index (χ4v) is 5.51. The van der Waals surface area contributed by atoms with Crippen LogP contribution in [-0.2, 0) is 16.4 Å². The van der Waals surface area contributed by atoms with E-state index in [4.69, 9.17) is 0 Å². The zero-order valence-corrected chi connectivity index (χ0v) is 16.0. The molecule has 5 nitrogen and oxygen atoms in total. The maximum absolute atomic E-state index is 12.9. The van der Waals surface area contributed by atoms with Crippen molar-refractivity contribution in [3.63, 3.8) is 0 Å². The molecule has 0 atom stereocenters. The van der Waals surface area contributed by atoms with Crippen LogP contribution in [0, 0.1) is 0 Å². The number of thiazole rings is 1. The van der Waals surface area contributed by atoms with Gasteiger partial charge in [0.2, 0.25) is 10.0 Å². The normalized spacial score (nSPS) is 16.9. The Hall–Kier alpha value is -1.80. The van der Waals surface area contributed by atoms with Gasteiger partial charge in [0, 0.05) is 32.7 Å². The molecule has 1 aliphatic heterocycles. The van der Waals surface area contributed by atoms with E-state index in [1.165, 1.54) is 16.9 Å². The molecule has 2 aromatic carbocycles. The summed E-state index contributed by atoms with van der Waals surface area (Å²) in [5, 5.41) is 0. The Labute approximate surface area is 157 Å². The zero-order chi connectivity index (χ0) is 18.0. The summed E-state index contributed by atoms with van der Waals surface area (Å²) in [5.74, 6) is 0. The monoisotopic (exact) mass is 387 g/mol. The molecule has 0 aliphatic carbocycles. The smallest absolute Gasteiger partial charge is 0.243 e. The van der Waals surface area contributed by atoms with Crippen molar-refractivity contribution in [3.05, 3.63) is 59.6 Å². The molecule has 1 aromatic heterocycles. The molecular formula is C19H21N3O2S2. The number of hydrogen-bond acceptors (Lipinski definition) is 5. The third-order valence-corrected chi connectivity index (χ3v) is 7.52. The van der Waals surface area contributed by atoms with Crippen LogP contribution < -0.4 is 0 Å². The van der Waals surface area contributed by atoms with Crippen molar-refractivity contribution in [1.82, 2.24) is 14.2 Å². The van der Waals surface area contributed by atoms with Gasteiger partial charge in [-0.25, -0.2) is 13.4 Å². The Kier molecular flexibility index (Phi) is 5.04. The first-order valence-electron chi connectivity index (χ1n) is 8.73. The van der Waals surface area contributed by atoms with Crippen molar-refractivity contribution in [2.45, 2.75) is 11.3 Å². The van der Waals surface area contributed by atoms with Gasteiger partial charge in [-0.05, 0) is 30.2 Å². The van der Waals surface area contributed by atoms with E-state index < -0.39 is 10.0 Å². The summed E-state index contributed by atoms with van der Waals surface area (Å²) < 4.78 is 28.4. The van der Waals surface area contributed by atoms with E-state index >= 15 is 0 Å². The zero-order valence-electron chi connectivity index (χ0n) is 14.4. The van der Waals surface area contributed by atoms with Crippen molar-refractivity contribution >= 4 is 31.6 Å². The highest BCUT2D eigenvalue weighted by atomic mass is 32.2. The molecule has 1 saturated heterocycles. The van der Waals surface area contributed by atoms with Gasteiger partial charge in [-0.3, -0.25) is 0 Å². The summed E-state index contributed by atoms with van der Waals surface area (Å²) >= 11 is 1.47. The summed E-state index contributed by atoms with van der Waals surface area (Å²) in [7, 11) is -3.44. The average Bonchev–Trinajstić information content (AvgIpc) is 3.15. The molecule has 136 valence electrons. The standard InChI is InChI=1S/C19H21N3O2S2/c23-26(24,17-6-7-18-19(14-17)25-15-20-18)22-12-10-21(11-13-22)9-8-16-4-2-1-3-5-16/h1-7,14-15H,8-13H2. The van der Waals surface area contributed by atoms with Crippen LogP contribution in [0.3, 0.4) is 0 Å². The highest BCUT2D eigenvalue weighted by molar-refractivity contribution is 7.89. The molecule has 0 radical (unpaired) electrons. The predicted octanol–water partition coefficient (Wildman–Crippen LogP) is 2.85. The summed E-state index contributed by atoms with van der Waals surface area (Å²) in [5.41, 5.74) is 3.91.